The smallest absolute Gasteiger partial charge is 0.307 e. The summed E-state index contributed by atoms with van der Waals surface area (Å²) in [4.78, 5) is 36.4. The fourth-order valence-electron chi connectivity index (χ4n) is 3.03. The van der Waals surface area contributed by atoms with Crippen LogP contribution >= 0.6 is 0 Å². The van der Waals surface area contributed by atoms with Gasteiger partial charge in [0.15, 0.2) is 0 Å². The van der Waals surface area contributed by atoms with Crippen LogP contribution < -0.4 is 11.1 Å². The Bertz CT molecular complexity index is 419. The number of esters is 1. The predicted octanol–water partition coefficient (Wildman–Crippen LogP) is 2.44. The van der Waals surface area contributed by atoms with Crippen molar-refractivity contribution < 1.29 is 19.1 Å². The highest BCUT2D eigenvalue weighted by Gasteiger charge is 2.30. The third-order valence-corrected chi connectivity index (χ3v) is 4.49. The van der Waals surface area contributed by atoms with Crippen LogP contribution in [-0.4, -0.2) is 29.9 Å². The number of carbonyl (C=O) groups is 3. The number of ketones is 1. The molecule has 1 saturated carbocycles. The van der Waals surface area contributed by atoms with Crippen molar-refractivity contribution in [3.8, 4) is 0 Å². The molecule has 1 aliphatic rings. The Kier molecular flexibility index (Phi) is 9.60. The lowest BCUT2D eigenvalue weighted by molar-refractivity contribution is -0.155. The first-order chi connectivity index (χ1) is 11.5. The summed E-state index contributed by atoms with van der Waals surface area (Å²) < 4.78 is 5.03. The molecule has 1 fully saturated rings. The van der Waals surface area contributed by atoms with Crippen molar-refractivity contribution >= 4 is 17.7 Å². The van der Waals surface area contributed by atoms with Gasteiger partial charge < -0.3 is 10.1 Å². The highest BCUT2D eigenvalue weighted by Crippen LogP contribution is 2.25. The number of rotatable bonds is 11. The van der Waals surface area contributed by atoms with Gasteiger partial charge in [-0.25, -0.2) is 0 Å². The van der Waals surface area contributed by atoms with Gasteiger partial charge >= 0.3 is 5.97 Å². The third-order valence-electron chi connectivity index (χ3n) is 4.49. The third kappa shape index (κ3) is 6.99. The molecule has 138 valence electrons. The van der Waals surface area contributed by atoms with Crippen molar-refractivity contribution in [1.29, 1.82) is 0 Å². The normalized spacial score (nSPS) is 17.3. The van der Waals surface area contributed by atoms with Gasteiger partial charge in [-0.1, -0.05) is 46.0 Å². The monoisotopic (exact) mass is 340 g/mol. The first-order valence-electron chi connectivity index (χ1n) is 9.28. The van der Waals surface area contributed by atoms with Crippen LogP contribution in [0.15, 0.2) is 0 Å². The summed E-state index contributed by atoms with van der Waals surface area (Å²) in [5.74, 6) is -0.973. The molecular formula is C18H32N2O4. The van der Waals surface area contributed by atoms with Crippen LogP contribution in [0.1, 0.15) is 78.1 Å². The molecule has 1 aliphatic carbocycles. The van der Waals surface area contributed by atoms with Gasteiger partial charge in [0.25, 0.3) is 0 Å². The molecule has 0 heterocycles. The fourth-order valence-corrected chi connectivity index (χ4v) is 3.03. The lowest BCUT2D eigenvalue weighted by Gasteiger charge is -2.22. The Balaban J connectivity index is 2.51. The van der Waals surface area contributed by atoms with Crippen molar-refractivity contribution in [2.45, 2.75) is 90.3 Å². The van der Waals surface area contributed by atoms with Gasteiger partial charge in [-0.2, -0.15) is 0 Å². The number of hydrogen-bond acceptors (Lipinski definition) is 5. The van der Waals surface area contributed by atoms with Gasteiger partial charge in [-0.3, -0.25) is 20.1 Å². The Morgan fingerprint density at radius 1 is 1.12 bits per heavy atom. The van der Waals surface area contributed by atoms with Gasteiger partial charge in [0, 0.05) is 12.3 Å². The van der Waals surface area contributed by atoms with E-state index in [9.17, 15) is 14.4 Å². The molecule has 0 spiro atoms. The first-order valence-corrected chi connectivity index (χ1v) is 9.28. The quantitative estimate of drug-likeness (QED) is 0.342. The van der Waals surface area contributed by atoms with E-state index in [2.05, 4.69) is 5.32 Å². The van der Waals surface area contributed by atoms with Crippen LogP contribution in [0.4, 0.5) is 0 Å². The maximum Gasteiger partial charge on any atom is 0.307 e. The SMILES string of the molecule is CCCCCC(=O)OC(N)C(=O)C(CCC)NC(=O)C1CCCC1. The zero-order valence-electron chi connectivity index (χ0n) is 15.0. The molecule has 0 aromatic heterocycles. The summed E-state index contributed by atoms with van der Waals surface area (Å²) in [7, 11) is 0. The van der Waals surface area contributed by atoms with Crippen LogP contribution in [0.25, 0.3) is 0 Å². The fraction of sp³-hybridized carbons (Fsp3) is 0.833. The Morgan fingerprint density at radius 3 is 2.38 bits per heavy atom. The van der Waals surface area contributed by atoms with Crippen LogP contribution in [0.3, 0.4) is 0 Å². The highest BCUT2D eigenvalue weighted by molar-refractivity contribution is 5.93. The second-order valence-corrected chi connectivity index (χ2v) is 6.60. The number of Topliss-reactive ketones (excluding diaryl/α,β-unsaturated/α-hetero) is 1. The van der Waals surface area contributed by atoms with Crippen LogP contribution in [0.5, 0.6) is 0 Å². The Morgan fingerprint density at radius 2 is 1.79 bits per heavy atom. The number of nitrogens with one attached hydrogen (secondary N) is 1. The van der Waals surface area contributed by atoms with E-state index in [1.54, 1.807) is 0 Å². The standard InChI is InChI=1S/C18H32N2O4/c1-3-5-6-12-15(21)24-17(19)16(22)14(9-4-2)20-18(23)13-10-7-8-11-13/h13-14,17H,3-12,19H2,1-2H3,(H,20,23). The minimum absolute atomic E-state index is 0.00928. The summed E-state index contributed by atoms with van der Waals surface area (Å²) >= 11 is 0. The van der Waals surface area contributed by atoms with E-state index >= 15 is 0 Å². The molecule has 6 heteroatoms. The molecule has 6 nitrogen and oxygen atoms in total. The van der Waals surface area contributed by atoms with E-state index in [4.69, 9.17) is 10.5 Å². The topological polar surface area (TPSA) is 98.5 Å². The maximum absolute atomic E-state index is 12.4. The molecule has 0 aromatic rings. The minimum Gasteiger partial charge on any atom is -0.439 e. The zero-order chi connectivity index (χ0) is 17.9. The Labute approximate surface area is 144 Å². The number of carbonyl (C=O) groups excluding carboxylic acids is 3. The molecule has 2 atom stereocenters. The van der Waals surface area contributed by atoms with Crippen LogP contribution in [0.2, 0.25) is 0 Å². The van der Waals surface area contributed by atoms with Gasteiger partial charge in [0.05, 0.1) is 6.04 Å². The molecule has 1 amide bonds. The van der Waals surface area contributed by atoms with E-state index in [0.717, 1.165) is 51.4 Å². The number of ether oxygens (including phenoxy) is 1. The summed E-state index contributed by atoms with van der Waals surface area (Å²) in [6, 6.07) is -0.679. The number of amides is 1. The first kappa shape index (κ1) is 20.6. The van der Waals surface area contributed by atoms with E-state index in [1.165, 1.54) is 0 Å². The minimum atomic E-state index is -1.31. The average molecular weight is 340 g/mol. The van der Waals surface area contributed by atoms with Crippen molar-refractivity contribution in [1.82, 2.24) is 5.32 Å². The summed E-state index contributed by atoms with van der Waals surface area (Å²) in [6.07, 6.45) is 6.72. The summed E-state index contributed by atoms with van der Waals surface area (Å²) in [6.45, 7) is 3.98. The molecule has 0 saturated heterocycles. The molecule has 0 aliphatic heterocycles. The Hall–Kier alpha value is -1.43. The van der Waals surface area contributed by atoms with E-state index in [-0.39, 0.29) is 18.2 Å². The van der Waals surface area contributed by atoms with E-state index in [1.807, 2.05) is 13.8 Å². The van der Waals surface area contributed by atoms with Gasteiger partial charge in [-0.15, -0.1) is 0 Å². The molecule has 24 heavy (non-hydrogen) atoms. The zero-order valence-corrected chi connectivity index (χ0v) is 15.0. The van der Waals surface area contributed by atoms with Crippen molar-refractivity contribution in [2.24, 2.45) is 11.7 Å². The highest BCUT2D eigenvalue weighted by atomic mass is 16.6. The van der Waals surface area contributed by atoms with Crippen LogP contribution in [-0.2, 0) is 19.1 Å². The van der Waals surface area contributed by atoms with Gasteiger partial charge in [0.1, 0.15) is 0 Å². The van der Waals surface area contributed by atoms with Crippen molar-refractivity contribution in [2.75, 3.05) is 0 Å². The van der Waals surface area contributed by atoms with Crippen molar-refractivity contribution in [3.05, 3.63) is 0 Å². The second-order valence-electron chi connectivity index (χ2n) is 6.60. The van der Waals surface area contributed by atoms with Gasteiger partial charge in [0.2, 0.25) is 17.9 Å². The van der Waals surface area contributed by atoms with Crippen molar-refractivity contribution in [3.63, 3.8) is 0 Å². The lowest BCUT2D eigenvalue weighted by Crippen LogP contribution is -2.50. The van der Waals surface area contributed by atoms with Gasteiger partial charge in [-0.05, 0) is 25.7 Å². The number of unbranched alkanes of at least 4 members (excludes halogenated alkanes) is 2. The molecule has 3 N–H and O–H groups in total. The van der Waals surface area contributed by atoms with Crippen LogP contribution in [0, 0.1) is 5.92 Å². The molecular weight excluding hydrogens is 308 g/mol. The average Bonchev–Trinajstić information content (AvgIpc) is 3.08. The second kappa shape index (κ2) is 11.2. The lowest BCUT2D eigenvalue weighted by atomic mass is 10.0. The van der Waals surface area contributed by atoms with E-state index in [0.29, 0.717) is 6.42 Å². The molecule has 0 aromatic carbocycles. The van der Waals surface area contributed by atoms with E-state index < -0.39 is 24.0 Å². The molecule has 0 bridgehead atoms. The molecule has 0 radical (unpaired) electrons. The largest absolute Gasteiger partial charge is 0.439 e. The number of hydrogen-bond donors (Lipinski definition) is 2. The molecule has 2 unspecified atom stereocenters. The molecule has 1 rings (SSSR count). The summed E-state index contributed by atoms with van der Waals surface area (Å²) in [5.41, 5.74) is 5.74. The number of nitrogens with two attached hydrogens (primary N) is 1. The summed E-state index contributed by atoms with van der Waals surface area (Å²) in [5, 5.41) is 2.81. The predicted molar refractivity (Wildman–Crippen MR) is 92.0 cm³/mol. The maximum atomic E-state index is 12.4.